The van der Waals surface area contributed by atoms with Crippen LogP contribution in [0.15, 0.2) is 12.1 Å². The number of fused-ring (bicyclic) bond motifs is 1. The minimum absolute atomic E-state index is 0.00395. The quantitative estimate of drug-likeness (QED) is 0.717. The summed E-state index contributed by atoms with van der Waals surface area (Å²) in [7, 11) is 0. The zero-order valence-corrected chi connectivity index (χ0v) is 19.2. The molecule has 0 radical (unpaired) electrons. The molecule has 1 saturated heterocycles. The van der Waals surface area contributed by atoms with Crippen LogP contribution in [0.4, 0.5) is 13.2 Å². The van der Waals surface area contributed by atoms with Gasteiger partial charge in [0, 0.05) is 19.1 Å². The van der Waals surface area contributed by atoms with Gasteiger partial charge in [-0.3, -0.25) is 9.59 Å². The normalized spacial score (nSPS) is 22.5. The number of aromatic nitrogens is 2. The van der Waals surface area contributed by atoms with E-state index in [1.807, 2.05) is 0 Å². The van der Waals surface area contributed by atoms with E-state index in [2.05, 4.69) is 5.10 Å². The van der Waals surface area contributed by atoms with Gasteiger partial charge >= 0.3 is 6.18 Å². The van der Waals surface area contributed by atoms with E-state index in [1.165, 1.54) is 11.0 Å². The number of aliphatic hydroxyl groups is 1. The van der Waals surface area contributed by atoms with Crippen LogP contribution in [-0.4, -0.2) is 68.1 Å². The van der Waals surface area contributed by atoms with Gasteiger partial charge < -0.3 is 14.9 Å². The summed E-state index contributed by atoms with van der Waals surface area (Å²) in [5.74, 6) is -1.09. The Bertz CT molecular complexity index is 1080. The van der Waals surface area contributed by atoms with Crippen LogP contribution in [0.1, 0.15) is 67.2 Å². The first-order chi connectivity index (χ1) is 15.5. The predicted molar refractivity (Wildman–Crippen MR) is 115 cm³/mol. The van der Waals surface area contributed by atoms with Crippen LogP contribution in [0.2, 0.25) is 5.02 Å². The number of halogens is 4. The van der Waals surface area contributed by atoms with Gasteiger partial charge in [0.1, 0.15) is 12.2 Å². The molecule has 0 atom stereocenters. The van der Waals surface area contributed by atoms with E-state index in [4.69, 9.17) is 11.6 Å². The third-order valence-electron chi connectivity index (χ3n) is 6.51. The van der Waals surface area contributed by atoms with Gasteiger partial charge in [0.25, 0.3) is 5.91 Å². The van der Waals surface area contributed by atoms with Crippen molar-refractivity contribution >= 4 is 28.9 Å². The van der Waals surface area contributed by atoms with Gasteiger partial charge in [-0.25, -0.2) is 4.52 Å². The minimum Gasteiger partial charge on any atom is -0.393 e. The molecule has 2 amide bonds. The van der Waals surface area contributed by atoms with E-state index in [9.17, 15) is 27.9 Å². The fourth-order valence-electron chi connectivity index (χ4n) is 4.58. The Morgan fingerprint density at radius 3 is 2.42 bits per heavy atom. The lowest BCUT2D eigenvalue weighted by atomic mass is 9.91. The van der Waals surface area contributed by atoms with E-state index in [1.54, 1.807) is 18.7 Å². The van der Waals surface area contributed by atoms with Crippen molar-refractivity contribution in [2.45, 2.75) is 63.8 Å². The number of piperazine rings is 1. The Hall–Kier alpha value is -2.33. The molecule has 3 heterocycles. The lowest BCUT2D eigenvalue weighted by Crippen LogP contribution is -2.56. The molecule has 2 fully saturated rings. The van der Waals surface area contributed by atoms with Crippen LogP contribution in [0.3, 0.4) is 0 Å². The third-order valence-corrected chi connectivity index (χ3v) is 6.88. The molecule has 33 heavy (non-hydrogen) atoms. The number of pyridine rings is 1. The topological polar surface area (TPSA) is 78.2 Å². The fraction of sp³-hybridized carbons (Fsp3) is 0.591. The Morgan fingerprint density at radius 1 is 1.18 bits per heavy atom. The van der Waals surface area contributed by atoms with Crippen molar-refractivity contribution in [1.29, 1.82) is 0 Å². The number of hydrogen-bond donors (Lipinski definition) is 1. The van der Waals surface area contributed by atoms with Gasteiger partial charge in [-0.05, 0) is 49.3 Å². The van der Waals surface area contributed by atoms with Crippen molar-refractivity contribution < 1.29 is 27.9 Å². The molecular weight excluding hydrogens is 461 g/mol. The van der Waals surface area contributed by atoms with Crippen LogP contribution in [0.25, 0.3) is 5.52 Å². The van der Waals surface area contributed by atoms with Crippen molar-refractivity contribution in [2.75, 3.05) is 19.6 Å². The molecule has 2 aliphatic rings. The highest BCUT2D eigenvalue weighted by Crippen LogP contribution is 2.35. The number of alkyl halides is 3. The van der Waals surface area contributed by atoms with Crippen LogP contribution >= 0.6 is 11.6 Å². The Morgan fingerprint density at radius 2 is 1.85 bits per heavy atom. The van der Waals surface area contributed by atoms with Gasteiger partial charge in [0.2, 0.25) is 5.91 Å². The molecule has 0 bridgehead atoms. The van der Waals surface area contributed by atoms with Crippen molar-refractivity contribution in [3.05, 3.63) is 34.1 Å². The van der Waals surface area contributed by atoms with Crippen molar-refractivity contribution in [3.8, 4) is 0 Å². The Kier molecular flexibility index (Phi) is 6.34. The molecule has 0 unspecified atom stereocenters. The van der Waals surface area contributed by atoms with E-state index in [-0.39, 0.29) is 53.3 Å². The second-order valence-corrected chi connectivity index (χ2v) is 9.44. The number of carbonyl (C=O) groups is 2. The van der Waals surface area contributed by atoms with E-state index in [0.29, 0.717) is 42.3 Å². The molecule has 11 heteroatoms. The van der Waals surface area contributed by atoms with Gasteiger partial charge in [-0.15, -0.1) is 0 Å². The third kappa shape index (κ3) is 4.55. The molecule has 1 aliphatic heterocycles. The molecule has 4 rings (SSSR count). The van der Waals surface area contributed by atoms with Crippen LogP contribution in [0.5, 0.6) is 0 Å². The summed E-state index contributed by atoms with van der Waals surface area (Å²) in [6.07, 6.45) is -2.35. The first-order valence-corrected chi connectivity index (χ1v) is 11.4. The van der Waals surface area contributed by atoms with Gasteiger partial charge in [0.05, 0.1) is 16.6 Å². The first-order valence-electron chi connectivity index (χ1n) is 11.0. The number of rotatable bonds is 3. The molecule has 0 aromatic carbocycles. The second-order valence-electron chi connectivity index (χ2n) is 9.06. The maximum atomic E-state index is 13.7. The number of hydrogen-bond acceptors (Lipinski definition) is 4. The number of nitrogens with zero attached hydrogens (tertiary/aromatic N) is 4. The smallest absolute Gasteiger partial charge is 0.393 e. The molecule has 0 spiro atoms. The monoisotopic (exact) mass is 486 g/mol. The van der Waals surface area contributed by atoms with Crippen molar-refractivity contribution in [3.63, 3.8) is 0 Å². The van der Waals surface area contributed by atoms with Crippen LogP contribution < -0.4 is 0 Å². The first kappa shape index (κ1) is 23.8. The summed E-state index contributed by atoms with van der Waals surface area (Å²) < 4.78 is 41.7. The molecule has 1 aliphatic carbocycles. The van der Waals surface area contributed by atoms with Gasteiger partial charge in [0.15, 0.2) is 5.69 Å². The van der Waals surface area contributed by atoms with E-state index in [0.717, 1.165) is 6.07 Å². The lowest BCUT2D eigenvalue weighted by molar-refractivity contribution is -0.142. The highest BCUT2D eigenvalue weighted by Gasteiger charge is 2.38. The van der Waals surface area contributed by atoms with E-state index < -0.39 is 17.8 Å². The lowest BCUT2D eigenvalue weighted by Gasteiger charge is -2.41. The predicted octanol–water partition coefficient (Wildman–Crippen LogP) is 3.72. The van der Waals surface area contributed by atoms with Gasteiger partial charge in [-0.1, -0.05) is 25.4 Å². The summed E-state index contributed by atoms with van der Waals surface area (Å²) in [6, 6.07) is 2.55. The van der Waals surface area contributed by atoms with Crippen molar-refractivity contribution in [1.82, 2.24) is 19.4 Å². The Labute approximate surface area is 194 Å². The largest absolute Gasteiger partial charge is 0.433 e. The molecule has 7 nitrogen and oxygen atoms in total. The zero-order valence-electron chi connectivity index (χ0n) is 18.4. The maximum Gasteiger partial charge on any atom is 0.433 e. The highest BCUT2D eigenvalue weighted by atomic mass is 35.5. The SMILES string of the molecule is CC(C)c1cc(C(F)(F)F)n2nc(C(=O)N3CCN(C4CCC(O)CC4)C(=O)C3)c(Cl)c2c1. The second kappa shape index (κ2) is 8.79. The minimum atomic E-state index is -4.69. The molecule has 2 aromatic heterocycles. The van der Waals surface area contributed by atoms with Crippen LogP contribution in [0, 0.1) is 0 Å². The van der Waals surface area contributed by atoms with Crippen LogP contribution in [-0.2, 0) is 11.0 Å². The average molecular weight is 487 g/mol. The summed E-state index contributed by atoms with van der Waals surface area (Å²) in [4.78, 5) is 28.9. The Balaban J connectivity index is 1.60. The maximum absolute atomic E-state index is 13.7. The molecular formula is C22H26ClF3N4O3. The molecule has 1 saturated carbocycles. The molecule has 2 aromatic rings. The number of aliphatic hydroxyl groups excluding tert-OH is 1. The highest BCUT2D eigenvalue weighted by molar-refractivity contribution is 6.36. The fourth-order valence-corrected chi connectivity index (χ4v) is 4.83. The summed E-state index contributed by atoms with van der Waals surface area (Å²) >= 11 is 6.35. The number of amides is 2. The molecule has 1 N–H and O–H groups in total. The summed E-state index contributed by atoms with van der Waals surface area (Å²) in [5, 5.41) is 13.4. The van der Waals surface area contributed by atoms with Crippen molar-refractivity contribution in [2.24, 2.45) is 0 Å². The van der Waals surface area contributed by atoms with E-state index >= 15 is 0 Å². The number of carbonyl (C=O) groups excluding carboxylic acids is 2. The van der Waals surface area contributed by atoms with Gasteiger partial charge in [-0.2, -0.15) is 18.3 Å². The average Bonchev–Trinajstić information content (AvgIpc) is 3.09. The summed E-state index contributed by atoms with van der Waals surface area (Å²) in [6.45, 7) is 3.89. The standard InChI is InChI=1S/C22H26ClF3N4O3/c1-12(2)13-9-16-19(23)20(27-30(16)17(10-13)22(24,25)26)21(33)28-7-8-29(18(32)11-28)14-3-5-15(31)6-4-14/h9-10,12,14-15,31H,3-8,11H2,1-2H3. The molecule has 180 valence electrons. The zero-order chi connectivity index (χ0) is 24.1. The summed E-state index contributed by atoms with van der Waals surface area (Å²) in [5.41, 5.74) is -0.878.